The van der Waals surface area contributed by atoms with E-state index in [4.69, 9.17) is 11.6 Å². The number of nitro groups is 1. The van der Waals surface area contributed by atoms with Crippen LogP contribution in [0.25, 0.3) is 11.0 Å². The van der Waals surface area contributed by atoms with Gasteiger partial charge in [0.2, 0.25) is 0 Å². The van der Waals surface area contributed by atoms with Crippen LogP contribution in [0.1, 0.15) is 16.8 Å². The Morgan fingerprint density at radius 1 is 1.32 bits per heavy atom. The van der Waals surface area contributed by atoms with Crippen molar-refractivity contribution >= 4 is 28.3 Å². The molecule has 0 saturated carbocycles. The van der Waals surface area contributed by atoms with E-state index in [-0.39, 0.29) is 5.69 Å². The fraction of sp³-hybridized carbons (Fsp3) is 0.294. The van der Waals surface area contributed by atoms with E-state index in [1.807, 2.05) is 32.1 Å². The molecule has 0 fully saturated rings. The largest absolute Gasteiger partial charge is 0.298 e. The van der Waals surface area contributed by atoms with Gasteiger partial charge in [0.05, 0.1) is 10.6 Å². The van der Waals surface area contributed by atoms with E-state index in [1.54, 1.807) is 10.7 Å². The zero-order chi connectivity index (χ0) is 18.1. The summed E-state index contributed by atoms with van der Waals surface area (Å²) in [5.41, 5.74) is 3.61. The van der Waals surface area contributed by atoms with E-state index in [2.05, 4.69) is 16.1 Å². The highest BCUT2D eigenvalue weighted by Gasteiger charge is 2.13. The number of nitrogens with zero attached hydrogens (tertiary/aromatic N) is 5. The van der Waals surface area contributed by atoms with Gasteiger partial charge < -0.3 is 0 Å². The SMILES string of the molecule is Cc1nn(C)c2ncc(CN(C)Cc3cc([N+](=O)[O-])ccc3Cl)cc12. The maximum atomic E-state index is 10.9. The van der Waals surface area contributed by atoms with Crippen molar-refractivity contribution in [3.8, 4) is 0 Å². The molecule has 2 heterocycles. The van der Waals surface area contributed by atoms with Crippen LogP contribution in [0.4, 0.5) is 5.69 Å². The molecule has 0 aliphatic heterocycles. The highest BCUT2D eigenvalue weighted by molar-refractivity contribution is 6.31. The molecule has 8 heteroatoms. The molecule has 0 bridgehead atoms. The van der Waals surface area contributed by atoms with E-state index in [9.17, 15) is 10.1 Å². The van der Waals surface area contributed by atoms with Crippen LogP contribution < -0.4 is 0 Å². The normalized spacial score (nSPS) is 11.4. The van der Waals surface area contributed by atoms with Crippen LogP contribution in [-0.2, 0) is 20.1 Å². The molecule has 0 N–H and O–H groups in total. The van der Waals surface area contributed by atoms with Crippen LogP contribution in [0.15, 0.2) is 30.5 Å². The molecule has 7 nitrogen and oxygen atoms in total. The van der Waals surface area contributed by atoms with Gasteiger partial charge >= 0.3 is 0 Å². The maximum Gasteiger partial charge on any atom is 0.269 e. The molecular formula is C17H18ClN5O2. The summed E-state index contributed by atoms with van der Waals surface area (Å²) in [5.74, 6) is 0. The molecule has 3 aromatic rings. The lowest BCUT2D eigenvalue weighted by Gasteiger charge is -2.17. The maximum absolute atomic E-state index is 10.9. The number of benzene rings is 1. The zero-order valence-electron chi connectivity index (χ0n) is 14.2. The first-order chi connectivity index (χ1) is 11.8. The number of hydrogen-bond donors (Lipinski definition) is 0. The lowest BCUT2D eigenvalue weighted by atomic mass is 10.1. The fourth-order valence-electron chi connectivity index (χ4n) is 2.89. The molecule has 2 aromatic heterocycles. The number of aromatic nitrogens is 3. The zero-order valence-corrected chi connectivity index (χ0v) is 15.0. The van der Waals surface area contributed by atoms with Gasteiger partial charge in [-0.15, -0.1) is 0 Å². The molecular weight excluding hydrogens is 342 g/mol. The number of aryl methyl sites for hydroxylation is 2. The van der Waals surface area contributed by atoms with Crippen molar-refractivity contribution in [2.45, 2.75) is 20.0 Å². The van der Waals surface area contributed by atoms with Crippen molar-refractivity contribution in [1.29, 1.82) is 0 Å². The number of non-ortho nitro benzene ring substituents is 1. The summed E-state index contributed by atoms with van der Waals surface area (Å²) in [6.07, 6.45) is 1.83. The predicted octanol–water partition coefficient (Wildman–Crippen LogP) is 3.47. The molecule has 0 atom stereocenters. The second-order valence-corrected chi connectivity index (χ2v) is 6.54. The molecule has 0 saturated heterocycles. The molecule has 0 spiro atoms. The molecule has 0 radical (unpaired) electrons. The third-order valence-electron chi connectivity index (χ3n) is 4.05. The number of rotatable bonds is 5. The number of fused-ring (bicyclic) bond motifs is 1. The summed E-state index contributed by atoms with van der Waals surface area (Å²) in [5, 5.41) is 16.9. The van der Waals surface area contributed by atoms with Gasteiger partial charge in [0.1, 0.15) is 0 Å². The lowest BCUT2D eigenvalue weighted by Crippen LogP contribution is -2.17. The molecule has 0 amide bonds. The minimum absolute atomic E-state index is 0.0434. The van der Waals surface area contributed by atoms with Gasteiger partial charge in [-0.3, -0.25) is 19.7 Å². The Bertz CT molecular complexity index is 954. The number of nitro benzene ring substituents is 1. The van der Waals surface area contributed by atoms with E-state index in [0.29, 0.717) is 18.1 Å². The standard InChI is InChI=1S/C17H18ClN5O2/c1-11-15-6-12(8-19-17(15)22(3)20-11)9-21(2)10-13-7-14(23(24)25)4-5-16(13)18/h4-8H,9-10H2,1-3H3. The van der Waals surface area contributed by atoms with Gasteiger partial charge in [0, 0.05) is 48.9 Å². The van der Waals surface area contributed by atoms with Gasteiger partial charge in [-0.25, -0.2) is 4.98 Å². The van der Waals surface area contributed by atoms with Crippen LogP contribution in [0.3, 0.4) is 0 Å². The summed E-state index contributed by atoms with van der Waals surface area (Å²) in [6.45, 7) is 3.11. The smallest absolute Gasteiger partial charge is 0.269 e. The summed E-state index contributed by atoms with van der Waals surface area (Å²) in [4.78, 5) is 17.0. The first kappa shape index (κ1) is 17.3. The Labute approximate surface area is 150 Å². The summed E-state index contributed by atoms with van der Waals surface area (Å²) < 4.78 is 1.76. The second kappa shape index (κ2) is 6.78. The van der Waals surface area contributed by atoms with E-state index < -0.39 is 4.92 Å². The van der Waals surface area contributed by atoms with Crippen molar-refractivity contribution in [2.24, 2.45) is 7.05 Å². The number of halogens is 1. The van der Waals surface area contributed by atoms with Crippen molar-refractivity contribution in [2.75, 3.05) is 7.05 Å². The average Bonchev–Trinajstić information content (AvgIpc) is 2.83. The molecule has 0 aliphatic carbocycles. The van der Waals surface area contributed by atoms with Gasteiger partial charge in [-0.1, -0.05) is 11.6 Å². The number of hydrogen-bond acceptors (Lipinski definition) is 5. The molecule has 0 unspecified atom stereocenters. The first-order valence-corrected chi connectivity index (χ1v) is 8.12. The first-order valence-electron chi connectivity index (χ1n) is 7.74. The molecule has 130 valence electrons. The second-order valence-electron chi connectivity index (χ2n) is 6.13. The van der Waals surface area contributed by atoms with Crippen LogP contribution in [0, 0.1) is 17.0 Å². The third kappa shape index (κ3) is 3.62. The summed E-state index contributed by atoms with van der Waals surface area (Å²) in [6, 6.07) is 6.58. The van der Waals surface area contributed by atoms with E-state index in [0.717, 1.165) is 27.9 Å². The van der Waals surface area contributed by atoms with Crippen molar-refractivity contribution in [3.63, 3.8) is 0 Å². The third-order valence-corrected chi connectivity index (χ3v) is 4.42. The highest BCUT2D eigenvalue weighted by Crippen LogP contribution is 2.24. The Hall–Kier alpha value is -2.51. The topological polar surface area (TPSA) is 77.1 Å². The lowest BCUT2D eigenvalue weighted by molar-refractivity contribution is -0.384. The minimum atomic E-state index is -0.414. The predicted molar refractivity (Wildman–Crippen MR) is 96.5 cm³/mol. The number of pyridine rings is 1. The van der Waals surface area contributed by atoms with Crippen LogP contribution >= 0.6 is 11.6 Å². The monoisotopic (exact) mass is 359 g/mol. The van der Waals surface area contributed by atoms with Crippen LogP contribution in [0.5, 0.6) is 0 Å². The molecule has 25 heavy (non-hydrogen) atoms. The molecule has 0 aliphatic rings. The highest BCUT2D eigenvalue weighted by atomic mass is 35.5. The van der Waals surface area contributed by atoms with Crippen LogP contribution in [0.2, 0.25) is 5.02 Å². The minimum Gasteiger partial charge on any atom is -0.298 e. The van der Waals surface area contributed by atoms with E-state index in [1.165, 1.54) is 12.1 Å². The van der Waals surface area contributed by atoms with Gasteiger partial charge in [-0.2, -0.15) is 5.10 Å². The van der Waals surface area contributed by atoms with Crippen LogP contribution in [-0.4, -0.2) is 31.6 Å². The van der Waals surface area contributed by atoms with Crippen molar-refractivity contribution in [1.82, 2.24) is 19.7 Å². The summed E-state index contributed by atoms with van der Waals surface area (Å²) >= 11 is 6.18. The average molecular weight is 360 g/mol. The van der Waals surface area contributed by atoms with Gasteiger partial charge in [0.25, 0.3) is 5.69 Å². The Balaban J connectivity index is 1.79. The fourth-order valence-corrected chi connectivity index (χ4v) is 3.07. The molecule has 1 aromatic carbocycles. The Morgan fingerprint density at radius 2 is 2.08 bits per heavy atom. The quantitative estimate of drug-likeness (QED) is 0.515. The van der Waals surface area contributed by atoms with Gasteiger partial charge in [-0.05, 0) is 37.2 Å². The molecule has 3 rings (SSSR count). The Morgan fingerprint density at radius 3 is 2.80 bits per heavy atom. The van der Waals surface area contributed by atoms with Crippen molar-refractivity contribution < 1.29 is 4.92 Å². The van der Waals surface area contributed by atoms with Crippen molar-refractivity contribution in [3.05, 3.63) is 62.4 Å². The van der Waals surface area contributed by atoms with Gasteiger partial charge in [0.15, 0.2) is 5.65 Å². The Kier molecular flexibility index (Phi) is 4.69. The van der Waals surface area contributed by atoms with E-state index >= 15 is 0 Å². The summed E-state index contributed by atoms with van der Waals surface area (Å²) in [7, 11) is 3.81.